The molecule has 160 valence electrons. The molecule has 0 bridgehead atoms. The Kier molecular flexibility index (Phi) is 6.35. The van der Waals surface area contributed by atoms with Crippen molar-refractivity contribution in [2.75, 3.05) is 0 Å². The van der Waals surface area contributed by atoms with Gasteiger partial charge in [0.1, 0.15) is 12.4 Å². The van der Waals surface area contributed by atoms with Crippen LogP contribution in [0.15, 0.2) is 72.8 Å². The average molecular weight is 464 g/mol. The maximum absolute atomic E-state index is 6.17. The Morgan fingerprint density at radius 3 is 2.47 bits per heavy atom. The number of aromatic amines is 1. The number of halogens is 2. The minimum atomic E-state index is 0. The predicted octanol–water partition coefficient (Wildman–Crippen LogP) is 6.04. The van der Waals surface area contributed by atoms with Crippen LogP contribution in [0.2, 0.25) is 5.02 Å². The van der Waals surface area contributed by atoms with Gasteiger partial charge >= 0.3 is 0 Å². The number of pyridine rings is 1. The van der Waals surface area contributed by atoms with Crippen LogP contribution in [0.25, 0.3) is 33.4 Å². The minimum Gasteiger partial charge on any atom is -0.488 e. The molecular formula is C24H19Cl2N5O. The summed E-state index contributed by atoms with van der Waals surface area (Å²) in [6, 6.07) is 23.8. The number of aryl methyl sites for hydroxylation is 1. The van der Waals surface area contributed by atoms with E-state index in [0.29, 0.717) is 17.5 Å². The molecule has 2 aromatic heterocycles. The second-order valence-corrected chi connectivity index (χ2v) is 7.63. The zero-order valence-electron chi connectivity index (χ0n) is 17.1. The molecule has 0 aliphatic rings. The lowest BCUT2D eigenvalue weighted by molar-refractivity contribution is 0.309. The van der Waals surface area contributed by atoms with E-state index in [2.05, 4.69) is 49.9 Å². The number of H-pyrrole nitrogens is 1. The van der Waals surface area contributed by atoms with Gasteiger partial charge in [-0.2, -0.15) is 5.21 Å². The molecule has 0 spiro atoms. The molecule has 8 heteroatoms. The van der Waals surface area contributed by atoms with E-state index in [9.17, 15) is 0 Å². The Morgan fingerprint density at radius 2 is 1.72 bits per heavy atom. The van der Waals surface area contributed by atoms with E-state index in [-0.39, 0.29) is 12.4 Å². The minimum absolute atomic E-state index is 0. The molecule has 5 rings (SSSR count). The van der Waals surface area contributed by atoms with Crippen molar-refractivity contribution in [3.63, 3.8) is 0 Å². The summed E-state index contributed by atoms with van der Waals surface area (Å²) < 4.78 is 6.14. The summed E-state index contributed by atoms with van der Waals surface area (Å²) in [7, 11) is 0. The van der Waals surface area contributed by atoms with Crippen molar-refractivity contribution in [3.8, 4) is 28.3 Å². The predicted molar refractivity (Wildman–Crippen MR) is 128 cm³/mol. The van der Waals surface area contributed by atoms with E-state index in [4.69, 9.17) is 16.3 Å². The van der Waals surface area contributed by atoms with E-state index in [0.717, 1.165) is 44.6 Å². The van der Waals surface area contributed by atoms with E-state index in [1.54, 1.807) is 0 Å². The number of tetrazole rings is 1. The van der Waals surface area contributed by atoms with Crippen molar-refractivity contribution in [3.05, 3.63) is 89.1 Å². The standard InChI is InChI=1S/C24H18ClN5O.ClH/c1-15-12-23(21-13-18(25)10-11-22(21)26-15)31-14-16-6-8-17(9-7-16)19-4-2-3-5-20(19)24-27-29-30-28-24;/h2-13H,14H2,1H3,(H,27,28,29,30);1H. The highest BCUT2D eigenvalue weighted by Crippen LogP contribution is 2.31. The average Bonchev–Trinajstić information content (AvgIpc) is 3.33. The number of hydrogen-bond donors (Lipinski definition) is 1. The van der Waals surface area contributed by atoms with E-state index < -0.39 is 0 Å². The van der Waals surface area contributed by atoms with Crippen LogP contribution in [0.4, 0.5) is 0 Å². The fraction of sp³-hybridized carbons (Fsp3) is 0.0833. The van der Waals surface area contributed by atoms with Crippen LogP contribution < -0.4 is 4.74 Å². The lowest BCUT2D eigenvalue weighted by atomic mass is 9.98. The summed E-state index contributed by atoms with van der Waals surface area (Å²) in [5.41, 5.74) is 5.87. The third-order valence-electron chi connectivity index (χ3n) is 5.03. The lowest BCUT2D eigenvalue weighted by Gasteiger charge is -2.12. The number of benzene rings is 3. The number of fused-ring (bicyclic) bond motifs is 1. The number of nitrogens with one attached hydrogen (secondary N) is 1. The van der Waals surface area contributed by atoms with Gasteiger partial charge < -0.3 is 4.74 Å². The molecular weight excluding hydrogens is 445 g/mol. The first-order valence-electron chi connectivity index (χ1n) is 9.79. The Morgan fingerprint density at radius 1 is 0.938 bits per heavy atom. The quantitative estimate of drug-likeness (QED) is 0.343. The molecule has 6 nitrogen and oxygen atoms in total. The zero-order valence-corrected chi connectivity index (χ0v) is 18.7. The molecule has 5 aromatic rings. The molecule has 0 unspecified atom stereocenters. The Balaban J connectivity index is 0.00000245. The van der Waals surface area contributed by atoms with Crippen molar-refractivity contribution in [1.82, 2.24) is 25.6 Å². The number of nitrogens with zero attached hydrogens (tertiary/aromatic N) is 4. The summed E-state index contributed by atoms with van der Waals surface area (Å²) in [5, 5.41) is 16.0. The van der Waals surface area contributed by atoms with Gasteiger partial charge in [-0.25, -0.2) is 0 Å². The molecule has 0 aliphatic carbocycles. The Hall–Kier alpha value is -3.48. The smallest absolute Gasteiger partial charge is 0.205 e. The first-order valence-corrected chi connectivity index (χ1v) is 10.2. The first kappa shape index (κ1) is 21.7. The van der Waals surface area contributed by atoms with Crippen LogP contribution in [-0.4, -0.2) is 25.6 Å². The van der Waals surface area contributed by atoms with Crippen LogP contribution in [0.3, 0.4) is 0 Å². The third-order valence-corrected chi connectivity index (χ3v) is 5.27. The molecule has 0 saturated carbocycles. The van der Waals surface area contributed by atoms with Gasteiger partial charge in [0, 0.05) is 27.7 Å². The van der Waals surface area contributed by atoms with Crippen LogP contribution in [0.1, 0.15) is 11.3 Å². The molecule has 0 atom stereocenters. The fourth-order valence-corrected chi connectivity index (χ4v) is 3.73. The van der Waals surface area contributed by atoms with Gasteiger partial charge in [0.15, 0.2) is 0 Å². The molecule has 0 fully saturated rings. The second-order valence-electron chi connectivity index (χ2n) is 7.19. The summed E-state index contributed by atoms with van der Waals surface area (Å²) in [4.78, 5) is 4.55. The topological polar surface area (TPSA) is 76.6 Å². The van der Waals surface area contributed by atoms with Gasteiger partial charge in [0.05, 0.1) is 5.52 Å². The Bertz CT molecular complexity index is 1360. The molecule has 3 aromatic carbocycles. The number of ether oxygens (including phenoxy) is 1. The summed E-state index contributed by atoms with van der Waals surface area (Å²) in [5.74, 6) is 1.35. The Labute approximate surface area is 196 Å². The van der Waals surface area contributed by atoms with Crippen LogP contribution in [0, 0.1) is 6.92 Å². The van der Waals surface area contributed by atoms with Crippen molar-refractivity contribution in [1.29, 1.82) is 0 Å². The SMILES string of the molecule is Cc1cc(OCc2ccc(-c3ccccc3-c3nn[nH]n3)cc2)c2cc(Cl)ccc2n1.Cl. The fourth-order valence-electron chi connectivity index (χ4n) is 3.56. The van der Waals surface area contributed by atoms with Crippen molar-refractivity contribution in [2.45, 2.75) is 13.5 Å². The zero-order chi connectivity index (χ0) is 21.2. The van der Waals surface area contributed by atoms with Crippen LogP contribution in [-0.2, 0) is 6.61 Å². The van der Waals surface area contributed by atoms with Gasteiger partial charge in [-0.3, -0.25) is 4.98 Å². The van der Waals surface area contributed by atoms with Gasteiger partial charge in [-0.15, -0.1) is 22.6 Å². The number of rotatable bonds is 5. The van der Waals surface area contributed by atoms with Crippen LogP contribution in [0.5, 0.6) is 5.75 Å². The number of aromatic nitrogens is 5. The largest absolute Gasteiger partial charge is 0.488 e. The molecule has 1 N–H and O–H groups in total. The van der Waals surface area contributed by atoms with Gasteiger partial charge in [-0.1, -0.05) is 60.1 Å². The third kappa shape index (κ3) is 4.42. The maximum atomic E-state index is 6.17. The summed E-state index contributed by atoms with van der Waals surface area (Å²) >= 11 is 6.17. The molecule has 0 saturated heterocycles. The van der Waals surface area contributed by atoms with E-state index in [1.807, 2.05) is 55.5 Å². The summed E-state index contributed by atoms with van der Waals surface area (Å²) in [6.45, 7) is 2.40. The maximum Gasteiger partial charge on any atom is 0.205 e. The lowest BCUT2D eigenvalue weighted by Crippen LogP contribution is -1.98. The van der Waals surface area contributed by atoms with Gasteiger partial charge in [0.25, 0.3) is 0 Å². The van der Waals surface area contributed by atoms with Gasteiger partial charge in [0.2, 0.25) is 5.82 Å². The second kappa shape index (κ2) is 9.34. The molecule has 0 aliphatic heterocycles. The molecule has 0 radical (unpaired) electrons. The van der Waals surface area contributed by atoms with Crippen molar-refractivity contribution in [2.24, 2.45) is 0 Å². The van der Waals surface area contributed by atoms with Crippen LogP contribution >= 0.6 is 24.0 Å². The monoisotopic (exact) mass is 463 g/mol. The normalized spacial score (nSPS) is 10.7. The van der Waals surface area contributed by atoms with Crippen molar-refractivity contribution >= 4 is 34.9 Å². The molecule has 2 heterocycles. The highest BCUT2D eigenvalue weighted by molar-refractivity contribution is 6.31. The summed E-state index contributed by atoms with van der Waals surface area (Å²) in [6.07, 6.45) is 0. The molecule has 0 amide bonds. The number of hydrogen-bond acceptors (Lipinski definition) is 5. The first-order chi connectivity index (χ1) is 15.2. The van der Waals surface area contributed by atoms with Gasteiger partial charge in [-0.05, 0) is 47.0 Å². The van der Waals surface area contributed by atoms with E-state index in [1.165, 1.54) is 0 Å². The highest BCUT2D eigenvalue weighted by Gasteiger charge is 2.11. The highest BCUT2D eigenvalue weighted by atomic mass is 35.5. The van der Waals surface area contributed by atoms with E-state index >= 15 is 0 Å². The molecule has 32 heavy (non-hydrogen) atoms. The van der Waals surface area contributed by atoms with Crippen molar-refractivity contribution < 1.29 is 4.74 Å².